The Morgan fingerprint density at radius 1 is 1.00 bits per heavy atom. The normalized spacial score (nSPS) is 10.3. The number of ketones is 1. The van der Waals surface area contributed by atoms with E-state index in [0.717, 1.165) is 14.5 Å². The summed E-state index contributed by atoms with van der Waals surface area (Å²) >= 11 is 6.77. The Morgan fingerprint density at radius 2 is 1.50 bits per heavy atom. The predicted molar refractivity (Wildman–Crippen MR) is 83.4 cm³/mol. The van der Waals surface area contributed by atoms with Gasteiger partial charge in [0.15, 0.2) is 5.78 Å². The average Bonchev–Trinajstić information content (AvgIpc) is 2.43. The molecular weight excluding hydrogens is 388 g/mol. The molecule has 0 atom stereocenters. The van der Waals surface area contributed by atoms with E-state index in [1.807, 2.05) is 6.92 Å². The third kappa shape index (κ3) is 2.83. The lowest BCUT2D eigenvalue weighted by Crippen LogP contribution is -2.09. The topological polar surface area (TPSA) is 54.4 Å². The lowest BCUT2D eigenvalue weighted by molar-refractivity contribution is 0.0693. The zero-order valence-corrected chi connectivity index (χ0v) is 13.7. The van der Waals surface area contributed by atoms with E-state index in [2.05, 4.69) is 31.9 Å². The molecule has 0 aromatic heterocycles. The first-order valence-electron chi connectivity index (χ1n) is 5.74. The quantitative estimate of drug-likeness (QED) is 0.778. The lowest BCUT2D eigenvalue weighted by Gasteiger charge is -2.08. The summed E-state index contributed by atoms with van der Waals surface area (Å²) in [5.74, 6) is -1.43. The maximum Gasteiger partial charge on any atom is 0.336 e. The minimum atomic E-state index is -1.11. The van der Waals surface area contributed by atoms with Gasteiger partial charge < -0.3 is 5.11 Å². The molecule has 0 aliphatic carbocycles. The van der Waals surface area contributed by atoms with Crippen LogP contribution in [0.1, 0.15) is 31.8 Å². The first kappa shape index (κ1) is 14.9. The summed E-state index contributed by atoms with van der Waals surface area (Å²) in [6.45, 7) is 1.91. The molecule has 0 amide bonds. The molecule has 0 aliphatic rings. The van der Waals surface area contributed by atoms with Crippen molar-refractivity contribution in [2.45, 2.75) is 6.92 Å². The highest BCUT2D eigenvalue weighted by Crippen LogP contribution is 2.28. The first-order valence-corrected chi connectivity index (χ1v) is 7.33. The van der Waals surface area contributed by atoms with Gasteiger partial charge in [-0.3, -0.25) is 4.79 Å². The maximum absolute atomic E-state index is 12.5. The summed E-state index contributed by atoms with van der Waals surface area (Å²) < 4.78 is 1.59. The standard InChI is InChI=1S/C15H10Br2O3/c1-8-12(16)6-9(7-13(8)17)14(18)10-4-2-3-5-11(10)15(19)20/h2-7H,1H3,(H,19,20). The van der Waals surface area contributed by atoms with Gasteiger partial charge in [0.2, 0.25) is 0 Å². The van der Waals surface area contributed by atoms with Gasteiger partial charge in [0.1, 0.15) is 0 Å². The number of carboxylic acid groups (broad SMARTS) is 1. The van der Waals surface area contributed by atoms with E-state index in [9.17, 15) is 9.59 Å². The second-order valence-corrected chi connectivity index (χ2v) is 5.95. The monoisotopic (exact) mass is 396 g/mol. The number of hydrogen-bond donors (Lipinski definition) is 1. The summed E-state index contributed by atoms with van der Waals surface area (Å²) in [4.78, 5) is 23.7. The first-order chi connectivity index (χ1) is 9.41. The molecule has 0 spiro atoms. The third-order valence-corrected chi connectivity index (χ3v) is 4.59. The van der Waals surface area contributed by atoms with Crippen molar-refractivity contribution in [3.05, 3.63) is 67.6 Å². The second kappa shape index (κ2) is 5.89. The molecule has 0 unspecified atom stereocenters. The summed E-state index contributed by atoms with van der Waals surface area (Å²) in [6, 6.07) is 9.59. The SMILES string of the molecule is Cc1c(Br)cc(C(=O)c2ccccc2C(=O)O)cc1Br. The van der Waals surface area contributed by atoms with E-state index < -0.39 is 5.97 Å². The fourth-order valence-electron chi connectivity index (χ4n) is 1.80. The number of carboxylic acids is 1. The lowest BCUT2D eigenvalue weighted by atomic mass is 9.98. The molecule has 1 N–H and O–H groups in total. The molecule has 2 aromatic carbocycles. The molecule has 2 rings (SSSR count). The fraction of sp³-hybridized carbons (Fsp3) is 0.0667. The highest BCUT2D eigenvalue weighted by Gasteiger charge is 2.18. The van der Waals surface area contributed by atoms with Gasteiger partial charge in [0.05, 0.1) is 5.56 Å². The number of aromatic carboxylic acids is 1. The van der Waals surface area contributed by atoms with E-state index in [4.69, 9.17) is 5.11 Å². The second-order valence-electron chi connectivity index (χ2n) is 4.24. The minimum Gasteiger partial charge on any atom is -0.478 e. The Morgan fingerprint density at radius 3 is 2.00 bits per heavy atom. The predicted octanol–water partition coefficient (Wildman–Crippen LogP) is 4.45. The molecule has 0 bridgehead atoms. The number of hydrogen-bond acceptors (Lipinski definition) is 2. The average molecular weight is 398 g/mol. The van der Waals surface area contributed by atoms with Crippen LogP contribution >= 0.6 is 31.9 Å². The van der Waals surface area contributed by atoms with Gasteiger partial charge in [-0.25, -0.2) is 4.79 Å². The van der Waals surface area contributed by atoms with Gasteiger partial charge in [-0.15, -0.1) is 0 Å². The van der Waals surface area contributed by atoms with Crippen molar-refractivity contribution in [1.82, 2.24) is 0 Å². The fourth-order valence-corrected chi connectivity index (χ4v) is 2.99. The molecule has 0 fully saturated rings. The Hall–Kier alpha value is -1.46. The van der Waals surface area contributed by atoms with Crippen molar-refractivity contribution in [2.75, 3.05) is 0 Å². The Balaban J connectivity index is 2.55. The van der Waals surface area contributed by atoms with E-state index in [0.29, 0.717) is 5.56 Å². The van der Waals surface area contributed by atoms with E-state index in [1.54, 1.807) is 24.3 Å². The van der Waals surface area contributed by atoms with Crippen molar-refractivity contribution in [1.29, 1.82) is 0 Å². The molecular formula is C15H10Br2O3. The number of rotatable bonds is 3. The molecule has 0 radical (unpaired) electrons. The van der Waals surface area contributed by atoms with E-state index >= 15 is 0 Å². The Labute approximate surface area is 132 Å². The van der Waals surface area contributed by atoms with Crippen LogP contribution in [0, 0.1) is 6.92 Å². The van der Waals surface area contributed by atoms with Gasteiger partial charge in [-0.2, -0.15) is 0 Å². The van der Waals surface area contributed by atoms with Crippen LogP contribution in [0.2, 0.25) is 0 Å². The zero-order valence-electron chi connectivity index (χ0n) is 10.5. The van der Waals surface area contributed by atoms with Gasteiger partial charge >= 0.3 is 5.97 Å². The molecule has 0 heterocycles. The van der Waals surface area contributed by atoms with Crippen LogP contribution in [0.25, 0.3) is 0 Å². The molecule has 0 saturated carbocycles. The van der Waals surface area contributed by atoms with Gasteiger partial charge in [0, 0.05) is 20.1 Å². The van der Waals surface area contributed by atoms with Gasteiger partial charge in [0.25, 0.3) is 0 Å². The van der Waals surface area contributed by atoms with Crippen LogP contribution in [-0.4, -0.2) is 16.9 Å². The number of halogens is 2. The van der Waals surface area contributed by atoms with Crippen LogP contribution in [0.5, 0.6) is 0 Å². The smallest absolute Gasteiger partial charge is 0.336 e. The van der Waals surface area contributed by atoms with Crippen LogP contribution < -0.4 is 0 Å². The number of carbonyl (C=O) groups is 2. The number of carbonyl (C=O) groups excluding carboxylic acids is 1. The zero-order chi connectivity index (χ0) is 14.9. The van der Waals surface area contributed by atoms with Crippen LogP contribution in [0.4, 0.5) is 0 Å². The maximum atomic E-state index is 12.5. The van der Waals surface area contributed by atoms with Crippen molar-refractivity contribution < 1.29 is 14.7 Å². The van der Waals surface area contributed by atoms with Crippen LogP contribution in [0.15, 0.2) is 45.3 Å². The van der Waals surface area contributed by atoms with Crippen molar-refractivity contribution in [2.24, 2.45) is 0 Å². The van der Waals surface area contributed by atoms with Crippen molar-refractivity contribution in [3.8, 4) is 0 Å². The third-order valence-electron chi connectivity index (χ3n) is 2.95. The molecule has 0 saturated heterocycles. The molecule has 3 nitrogen and oxygen atoms in total. The largest absolute Gasteiger partial charge is 0.478 e. The molecule has 20 heavy (non-hydrogen) atoms. The highest BCUT2D eigenvalue weighted by atomic mass is 79.9. The highest BCUT2D eigenvalue weighted by molar-refractivity contribution is 9.11. The van der Waals surface area contributed by atoms with E-state index in [-0.39, 0.29) is 16.9 Å². The van der Waals surface area contributed by atoms with Gasteiger partial charge in [-0.1, -0.05) is 50.1 Å². The minimum absolute atomic E-state index is 0.00493. The molecule has 0 aliphatic heterocycles. The van der Waals surface area contributed by atoms with Crippen molar-refractivity contribution >= 4 is 43.6 Å². The van der Waals surface area contributed by atoms with Crippen LogP contribution in [0.3, 0.4) is 0 Å². The number of benzene rings is 2. The summed E-state index contributed by atoms with van der Waals surface area (Å²) in [7, 11) is 0. The summed E-state index contributed by atoms with van der Waals surface area (Å²) in [6.07, 6.45) is 0. The molecule has 2 aromatic rings. The van der Waals surface area contributed by atoms with Crippen molar-refractivity contribution in [3.63, 3.8) is 0 Å². The Bertz CT molecular complexity index is 685. The van der Waals surface area contributed by atoms with Crippen LogP contribution in [-0.2, 0) is 0 Å². The Kier molecular flexibility index (Phi) is 4.40. The summed E-state index contributed by atoms with van der Waals surface area (Å²) in [5.41, 5.74) is 1.60. The molecule has 5 heteroatoms. The summed E-state index contributed by atoms with van der Waals surface area (Å²) in [5, 5.41) is 9.14. The molecule has 102 valence electrons. The van der Waals surface area contributed by atoms with E-state index in [1.165, 1.54) is 12.1 Å². The van der Waals surface area contributed by atoms with Gasteiger partial charge in [-0.05, 0) is 30.7 Å².